The van der Waals surface area contributed by atoms with Crippen LogP contribution in [0.3, 0.4) is 0 Å². The second-order valence-corrected chi connectivity index (χ2v) is 4.39. The lowest BCUT2D eigenvalue weighted by atomic mass is 10.0. The Balaban J connectivity index is 2.66. The maximum absolute atomic E-state index is 11.2. The second-order valence-electron chi connectivity index (χ2n) is 3.95. The summed E-state index contributed by atoms with van der Waals surface area (Å²) in [4.78, 5) is 15.0. The molecule has 92 valence electrons. The summed E-state index contributed by atoms with van der Waals surface area (Å²) in [5, 5.41) is 9.69. The quantitative estimate of drug-likeness (QED) is 0.872. The van der Waals surface area contributed by atoms with E-state index in [1.54, 1.807) is 24.3 Å². The van der Waals surface area contributed by atoms with Crippen molar-refractivity contribution in [2.45, 2.75) is 6.92 Å². The molecule has 1 aromatic carbocycles. The monoisotopic (exact) mass is 262 g/mol. The molecule has 0 spiro atoms. The van der Waals surface area contributed by atoms with Crippen LogP contribution < -0.4 is 5.73 Å². The number of nitrogens with two attached hydrogens (primary N) is 1. The summed E-state index contributed by atoms with van der Waals surface area (Å²) in [5.74, 6) is -0.940. The molecule has 18 heavy (non-hydrogen) atoms. The van der Waals surface area contributed by atoms with Crippen LogP contribution in [0.25, 0.3) is 11.1 Å². The molecule has 2 rings (SSSR count). The minimum Gasteiger partial charge on any atom is -0.476 e. The van der Waals surface area contributed by atoms with Crippen molar-refractivity contribution in [3.63, 3.8) is 0 Å². The summed E-state index contributed by atoms with van der Waals surface area (Å²) in [6.45, 7) is 1.89. The molecule has 0 radical (unpaired) electrons. The normalized spacial score (nSPS) is 10.3. The molecule has 1 heterocycles. The summed E-state index contributed by atoms with van der Waals surface area (Å²) in [7, 11) is 0. The number of rotatable bonds is 2. The van der Waals surface area contributed by atoms with Crippen molar-refractivity contribution in [3.05, 3.63) is 46.6 Å². The van der Waals surface area contributed by atoms with Gasteiger partial charge in [0.1, 0.15) is 5.82 Å². The maximum atomic E-state index is 11.2. The van der Waals surface area contributed by atoms with Crippen LogP contribution in [0.15, 0.2) is 30.3 Å². The third kappa shape index (κ3) is 2.43. The Morgan fingerprint density at radius 3 is 2.67 bits per heavy atom. The number of halogens is 1. The number of carbonyl (C=O) groups is 1. The van der Waals surface area contributed by atoms with Gasteiger partial charge < -0.3 is 10.8 Å². The average Bonchev–Trinajstić information content (AvgIpc) is 2.27. The number of anilines is 1. The molecule has 0 aliphatic carbocycles. The minimum absolute atomic E-state index is 0.0725. The first-order valence-corrected chi connectivity index (χ1v) is 5.62. The number of carboxylic acids is 1. The van der Waals surface area contributed by atoms with E-state index in [0.717, 1.165) is 5.56 Å². The lowest BCUT2D eigenvalue weighted by molar-refractivity contribution is 0.0691. The fourth-order valence-electron chi connectivity index (χ4n) is 1.76. The van der Waals surface area contributed by atoms with Gasteiger partial charge in [-0.05, 0) is 42.3 Å². The number of aryl methyl sites for hydroxylation is 1. The topological polar surface area (TPSA) is 76.2 Å². The second kappa shape index (κ2) is 4.66. The van der Waals surface area contributed by atoms with Gasteiger partial charge in [0.25, 0.3) is 0 Å². The molecule has 0 amide bonds. The number of pyridine rings is 1. The molecular formula is C13H11ClN2O2. The Labute approximate surface area is 109 Å². The van der Waals surface area contributed by atoms with Crippen molar-refractivity contribution < 1.29 is 9.90 Å². The third-order valence-corrected chi connectivity index (χ3v) is 2.69. The van der Waals surface area contributed by atoms with Crippen molar-refractivity contribution in [3.8, 4) is 11.1 Å². The molecule has 4 nitrogen and oxygen atoms in total. The minimum atomic E-state index is -1.12. The molecule has 0 fully saturated rings. The van der Waals surface area contributed by atoms with Crippen LogP contribution in [-0.4, -0.2) is 16.1 Å². The van der Waals surface area contributed by atoms with Crippen LogP contribution in [0.5, 0.6) is 0 Å². The van der Waals surface area contributed by atoms with E-state index in [1.807, 2.05) is 13.0 Å². The van der Waals surface area contributed by atoms with Crippen molar-refractivity contribution in [1.29, 1.82) is 0 Å². The first kappa shape index (κ1) is 12.4. The summed E-state index contributed by atoms with van der Waals surface area (Å²) < 4.78 is 0. The molecule has 0 aliphatic rings. The van der Waals surface area contributed by atoms with Crippen LogP contribution in [0.1, 0.15) is 16.1 Å². The Morgan fingerprint density at radius 2 is 2.06 bits per heavy atom. The SMILES string of the molecule is Cc1cc(Cl)cc(-c2ccc(N)nc2C(=O)O)c1. The van der Waals surface area contributed by atoms with E-state index in [4.69, 9.17) is 22.4 Å². The van der Waals surface area contributed by atoms with Crippen molar-refractivity contribution in [1.82, 2.24) is 4.98 Å². The fraction of sp³-hybridized carbons (Fsp3) is 0.0769. The highest BCUT2D eigenvalue weighted by Gasteiger charge is 2.14. The summed E-state index contributed by atoms with van der Waals surface area (Å²) in [5.41, 5.74) is 7.59. The zero-order chi connectivity index (χ0) is 13.3. The number of nitrogen functional groups attached to an aromatic ring is 1. The molecule has 2 aromatic rings. The highest BCUT2D eigenvalue weighted by atomic mass is 35.5. The van der Waals surface area contributed by atoms with Gasteiger partial charge in [-0.1, -0.05) is 17.7 Å². The third-order valence-electron chi connectivity index (χ3n) is 2.47. The summed E-state index contributed by atoms with van der Waals surface area (Å²) >= 11 is 5.97. The Bertz CT molecular complexity index is 606. The van der Waals surface area contributed by atoms with Gasteiger partial charge in [0, 0.05) is 10.6 Å². The lowest BCUT2D eigenvalue weighted by Crippen LogP contribution is -2.05. The number of hydrogen-bond acceptors (Lipinski definition) is 3. The van der Waals surface area contributed by atoms with Crippen molar-refractivity contribution in [2.75, 3.05) is 5.73 Å². The molecule has 3 N–H and O–H groups in total. The molecule has 1 aromatic heterocycles. The first-order chi connectivity index (χ1) is 8.47. The Hall–Kier alpha value is -2.07. The predicted molar refractivity (Wildman–Crippen MR) is 70.8 cm³/mol. The first-order valence-electron chi connectivity index (χ1n) is 5.25. The molecule has 0 saturated carbocycles. The number of carboxylic acid groups (broad SMARTS) is 1. The zero-order valence-corrected chi connectivity index (χ0v) is 10.4. The van der Waals surface area contributed by atoms with E-state index in [0.29, 0.717) is 16.1 Å². The van der Waals surface area contributed by atoms with E-state index in [9.17, 15) is 4.79 Å². The van der Waals surface area contributed by atoms with E-state index >= 15 is 0 Å². The number of hydrogen-bond donors (Lipinski definition) is 2. The number of aromatic nitrogens is 1. The average molecular weight is 263 g/mol. The van der Waals surface area contributed by atoms with Crippen LogP contribution in [-0.2, 0) is 0 Å². The van der Waals surface area contributed by atoms with E-state index in [2.05, 4.69) is 4.98 Å². The van der Waals surface area contributed by atoms with E-state index < -0.39 is 5.97 Å². The van der Waals surface area contributed by atoms with Gasteiger partial charge in [-0.25, -0.2) is 9.78 Å². The van der Waals surface area contributed by atoms with Gasteiger partial charge in [-0.3, -0.25) is 0 Å². The molecule has 0 aliphatic heterocycles. The number of benzene rings is 1. The zero-order valence-electron chi connectivity index (χ0n) is 9.64. The molecule has 5 heteroatoms. The smallest absolute Gasteiger partial charge is 0.355 e. The lowest BCUT2D eigenvalue weighted by Gasteiger charge is -2.08. The van der Waals surface area contributed by atoms with E-state index in [1.165, 1.54) is 0 Å². The van der Waals surface area contributed by atoms with Gasteiger partial charge >= 0.3 is 5.97 Å². The number of aromatic carboxylic acids is 1. The molecule has 0 bridgehead atoms. The maximum Gasteiger partial charge on any atom is 0.355 e. The molecule has 0 unspecified atom stereocenters. The standard InChI is InChI=1S/C13H11ClN2O2/c1-7-4-8(6-9(14)5-7)10-2-3-11(15)16-12(10)13(17)18/h2-6H,1H3,(H2,15,16)(H,17,18). The highest BCUT2D eigenvalue weighted by Crippen LogP contribution is 2.27. The summed E-state index contributed by atoms with van der Waals surface area (Å²) in [6, 6.07) is 8.56. The fourth-order valence-corrected chi connectivity index (χ4v) is 2.05. The van der Waals surface area contributed by atoms with Crippen LogP contribution in [0.2, 0.25) is 5.02 Å². The predicted octanol–water partition coefficient (Wildman–Crippen LogP) is 2.99. The van der Waals surface area contributed by atoms with Crippen LogP contribution in [0.4, 0.5) is 5.82 Å². The molecule has 0 atom stereocenters. The number of nitrogens with zero attached hydrogens (tertiary/aromatic N) is 1. The molecule has 0 saturated heterocycles. The largest absolute Gasteiger partial charge is 0.476 e. The molecular weight excluding hydrogens is 252 g/mol. The van der Waals surface area contributed by atoms with Crippen molar-refractivity contribution >= 4 is 23.4 Å². The van der Waals surface area contributed by atoms with Gasteiger partial charge in [-0.2, -0.15) is 0 Å². The van der Waals surface area contributed by atoms with E-state index in [-0.39, 0.29) is 11.5 Å². The van der Waals surface area contributed by atoms with Gasteiger partial charge in [0.05, 0.1) is 0 Å². The van der Waals surface area contributed by atoms with Crippen LogP contribution >= 0.6 is 11.6 Å². The van der Waals surface area contributed by atoms with Crippen molar-refractivity contribution in [2.24, 2.45) is 0 Å². The highest BCUT2D eigenvalue weighted by molar-refractivity contribution is 6.31. The van der Waals surface area contributed by atoms with Gasteiger partial charge in [-0.15, -0.1) is 0 Å². The Morgan fingerprint density at radius 1 is 1.33 bits per heavy atom. The van der Waals surface area contributed by atoms with Gasteiger partial charge in [0.2, 0.25) is 0 Å². The van der Waals surface area contributed by atoms with Crippen LogP contribution in [0, 0.1) is 6.92 Å². The van der Waals surface area contributed by atoms with Gasteiger partial charge in [0.15, 0.2) is 5.69 Å². The summed E-state index contributed by atoms with van der Waals surface area (Å²) in [6.07, 6.45) is 0. The Kier molecular flexibility index (Phi) is 3.21.